The van der Waals surface area contributed by atoms with E-state index in [1.165, 1.54) is 0 Å². The number of carbonyl (C=O) groups is 1. The summed E-state index contributed by atoms with van der Waals surface area (Å²) in [6.45, 7) is 0.433. The van der Waals surface area contributed by atoms with E-state index in [4.69, 9.17) is 16.0 Å². The molecule has 1 aromatic carbocycles. The lowest BCUT2D eigenvalue weighted by Gasteiger charge is -2.22. The molecule has 2 rings (SSSR count). The van der Waals surface area contributed by atoms with E-state index in [9.17, 15) is 4.79 Å². The minimum absolute atomic E-state index is 0.0325. The first-order valence-electron chi connectivity index (χ1n) is 6.42. The molecular weight excluding hydrogens is 356 g/mol. The molecule has 0 bridgehead atoms. The third kappa shape index (κ3) is 4.09. The second kappa shape index (κ2) is 7.11. The van der Waals surface area contributed by atoms with Gasteiger partial charge in [0, 0.05) is 11.0 Å². The van der Waals surface area contributed by atoms with Crippen molar-refractivity contribution in [3.05, 3.63) is 57.4 Å². The largest absolute Gasteiger partial charge is 0.468 e. The molecule has 21 heavy (non-hydrogen) atoms. The number of halogens is 2. The number of rotatable bonds is 5. The zero-order valence-electron chi connectivity index (χ0n) is 11.8. The summed E-state index contributed by atoms with van der Waals surface area (Å²) < 4.78 is 6.22. The molecule has 0 aliphatic heterocycles. The Morgan fingerprint density at radius 2 is 2.19 bits per heavy atom. The lowest BCUT2D eigenvalue weighted by molar-refractivity contribution is 0.0939. The van der Waals surface area contributed by atoms with E-state index < -0.39 is 0 Å². The van der Waals surface area contributed by atoms with E-state index in [0.29, 0.717) is 17.1 Å². The van der Waals surface area contributed by atoms with Crippen LogP contribution in [0.2, 0.25) is 5.02 Å². The molecule has 0 saturated heterocycles. The topological polar surface area (TPSA) is 45.5 Å². The van der Waals surface area contributed by atoms with Gasteiger partial charge in [-0.25, -0.2) is 0 Å². The van der Waals surface area contributed by atoms with Crippen molar-refractivity contribution in [2.45, 2.75) is 6.04 Å². The quantitative estimate of drug-likeness (QED) is 0.871. The average molecular weight is 372 g/mol. The first-order chi connectivity index (χ1) is 9.99. The number of hydrogen-bond acceptors (Lipinski definition) is 3. The fraction of sp³-hybridized carbons (Fsp3) is 0.267. The molecule has 4 nitrogen and oxygen atoms in total. The number of carbonyl (C=O) groups excluding carboxylic acids is 1. The lowest BCUT2D eigenvalue weighted by Crippen LogP contribution is -2.34. The fourth-order valence-electron chi connectivity index (χ4n) is 1.97. The molecule has 0 radical (unpaired) electrons. The summed E-state index contributed by atoms with van der Waals surface area (Å²) >= 11 is 9.40. The normalized spacial score (nSPS) is 12.4. The molecule has 0 unspecified atom stereocenters. The van der Waals surface area contributed by atoms with Crippen LogP contribution in [0.1, 0.15) is 22.2 Å². The van der Waals surface area contributed by atoms with Crippen LogP contribution < -0.4 is 5.32 Å². The molecule has 1 atom stereocenters. The molecule has 0 fully saturated rings. The van der Waals surface area contributed by atoms with E-state index in [1.807, 2.05) is 31.1 Å². The molecule has 1 heterocycles. The highest BCUT2D eigenvalue weighted by Gasteiger charge is 2.19. The van der Waals surface area contributed by atoms with Gasteiger partial charge in [0.05, 0.1) is 22.9 Å². The summed E-state index contributed by atoms with van der Waals surface area (Å²) in [4.78, 5) is 14.2. The van der Waals surface area contributed by atoms with Crippen molar-refractivity contribution >= 4 is 33.4 Å². The van der Waals surface area contributed by atoms with E-state index in [2.05, 4.69) is 21.2 Å². The van der Waals surface area contributed by atoms with Crippen molar-refractivity contribution in [1.82, 2.24) is 10.2 Å². The second-order valence-electron chi connectivity index (χ2n) is 4.83. The third-order valence-electron chi connectivity index (χ3n) is 3.12. The lowest BCUT2D eigenvalue weighted by atomic mass is 10.1. The van der Waals surface area contributed by atoms with Crippen molar-refractivity contribution in [1.29, 1.82) is 0 Å². The molecule has 1 N–H and O–H groups in total. The van der Waals surface area contributed by atoms with Gasteiger partial charge in [0.15, 0.2) is 0 Å². The third-order valence-corrected chi connectivity index (χ3v) is 3.95. The van der Waals surface area contributed by atoms with Gasteiger partial charge >= 0.3 is 0 Å². The Bertz CT molecular complexity index is 614. The predicted molar refractivity (Wildman–Crippen MR) is 86.6 cm³/mol. The minimum Gasteiger partial charge on any atom is -0.468 e. The summed E-state index contributed by atoms with van der Waals surface area (Å²) in [5, 5.41) is 3.32. The van der Waals surface area contributed by atoms with Crippen molar-refractivity contribution in [2.75, 3.05) is 20.6 Å². The zero-order valence-corrected chi connectivity index (χ0v) is 14.1. The van der Waals surface area contributed by atoms with Crippen LogP contribution in [0.4, 0.5) is 0 Å². The van der Waals surface area contributed by atoms with E-state index in [-0.39, 0.29) is 11.9 Å². The summed E-state index contributed by atoms with van der Waals surface area (Å²) in [6, 6.07) is 8.88. The van der Waals surface area contributed by atoms with Crippen LogP contribution in [0.25, 0.3) is 0 Å². The van der Waals surface area contributed by atoms with Crippen LogP contribution in [0.15, 0.2) is 45.5 Å². The van der Waals surface area contributed by atoms with Crippen LogP contribution >= 0.6 is 27.5 Å². The molecule has 0 aliphatic rings. The number of benzene rings is 1. The van der Waals surface area contributed by atoms with Crippen molar-refractivity contribution < 1.29 is 9.21 Å². The Labute approximate surface area is 137 Å². The van der Waals surface area contributed by atoms with Gasteiger partial charge in [-0.1, -0.05) is 27.5 Å². The highest BCUT2D eigenvalue weighted by molar-refractivity contribution is 9.10. The molecule has 0 aliphatic carbocycles. The number of nitrogens with one attached hydrogen (secondary N) is 1. The summed E-state index contributed by atoms with van der Waals surface area (Å²) in [6.07, 6.45) is 1.62. The standard InChI is InChI=1S/C15H16BrClN2O2/c1-19(2)13(14-4-3-7-21-14)9-18-15(20)11-8-10(16)5-6-12(11)17/h3-8,13H,9H2,1-2H3,(H,18,20)/t13-/m0/s1. The van der Waals surface area contributed by atoms with Crippen molar-refractivity contribution in [3.8, 4) is 0 Å². The highest BCUT2D eigenvalue weighted by Crippen LogP contribution is 2.22. The first-order valence-corrected chi connectivity index (χ1v) is 7.59. The molecule has 1 aromatic heterocycles. The number of hydrogen-bond donors (Lipinski definition) is 1. The van der Waals surface area contributed by atoms with Gasteiger partial charge in [0.2, 0.25) is 0 Å². The first kappa shape index (κ1) is 16.1. The molecule has 112 valence electrons. The summed E-state index contributed by atoms with van der Waals surface area (Å²) in [5.41, 5.74) is 0.447. The van der Waals surface area contributed by atoms with Crippen LogP contribution in [0.3, 0.4) is 0 Å². The fourth-order valence-corrected chi connectivity index (χ4v) is 2.54. The van der Waals surface area contributed by atoms with Gasteiger partial charge in [0.1, 0.15) is 5.76 Å². The van der Waals surface area contributed by atoms with Crippen LogP contribution in [0.5, 0.6) is 0 Å². The smallest absolute Gasteiger partial charge is 0.252 e. The van der Waals surface area contributed by atoms with E-state index >= 15 is 0 Å². The number of nitrogens with zero attached hydrogens (tertiary/aromatic N) is 1. The second-order valence-corrected chi connectivity index (χ2v) is 6.15. The zero-order chi connectivity index (χ0) is 15.4. The number of furan rings is 1. The Balaban J connectivity index is 2.07. The van der Waals surface area contributed by atoms with E-state index in [1.54, 1.807) is 24.5 Å². The Morgan fingerprint density at radius 3 is 2.81 bits per heavy atom. The van der Waals surface area contributed by atoms with Crippen LogP contribution in [-0.2, 0) is 0 Å². The maximum absolute atomic E-state index is 12.2. The van der Waals surface area contributed by atoms with Gasteiger partial charge < -0.3 is 9.73 Å². The maximum Gasteiger partial charge on any atom is 0.252 e. The monoisotopic (exact) mass is 370 g/mol. The van der Waals surface area contributed by atoms with Gasteiger partial charge in [-0.15, -0.1) is 0 Å². The summed E-state index contributed by atoms with van der Waals surface area (Å²) in [7, 11) is 3.87. The van der Waals surface area contributed by atoms with Crippen LogP contribution in [-0.4, -0.2) is 31.4 Å². The van der Waals surface area contributed by atoms with Crippen molar-refractivity contribution in [2.24, 2.45) is 0 Å². The highest BCUT2D eigenvalue weighted by atomic mass is 79.9. The molecule has 0 saturated carbocycles. The molecule has 0 spiro atoms. The Hall–Kier alpha value is -1.30. The molecule has 2 aromatic rings. The van der Waals surface area contributed by atoms with Gasteiger partial charge in [-0.2, -0.15) is 0 Å². The Morgan fingerprint density at radius 1 is 1.43 bits per heavy atom. The maximum atomic E-state index is 12.2. The van der Waals surface area contributed by atoms with Crippen LogP contribution in [0, 0.1) is 0 Å². The SMILES string of the molecule is CN(C)[C@@H](CNC(=O)c1cc(Br)ccc1Cl)c1ccco1. The minimum atomic E-state index is -0.209. The molecular formula is C15H16BrClN2O2. The molecule has 6 heteroatoms. The Kier molecular flexibility index (Phi) is 5.45. The van der Waals surface area contributed by atoms with Gasteiger partial charge in [0.25, 0.3) is 5.91 Å². The van der Waals surface area contributed by atoms with Gasteiger partial charge in [-0.05, 0) is 44.4 Å². The average Bonchev–Trinajstić information content (AvgIpc) is 2.95. The predicted octanol–water partition coefficient (Wildman–Crippen LogP) is 3.73. The summed E-state index contributed by atoms with van der Waals surface area (Å²) in [5.74, 6) is 0.598. The molecule has 1 amide bonds. The van der Waals surface area contributed by atoms with E-state index in [0.717, 1.165) is 10.2 Å². The van der Waals surface area contributed by atoms with Gasteiger partial charge in [-0.3, -0.25) is 9.69 Å². The number of likely N-dealkylation sites (N-methyl/N-ethyl adjacent to an activating group) is 1. The van der Waals surface area contributed by atoms with Crippen molar-refractivity contribution in [3.63, 3.8) is 0 Å². The number of amides is 1.